The molecular weight excluding hydrogens is 298 g/mol. The highest BCUT2D eigenvalue weighted by Crippen LogP contribution is 2.20. The quantitative estimate of drug-likeness (QED) is 0.861. The second-order valence-corrected chi connectivity index (χ2v) is 6.50. The summed E-state index contributed by atoms with van der Waals surface area (Å²) in [5.41, 5.74) is -0.154. The zero-order valence-corrected chi connectivity index (χ0v) is 13.1. The lowest BCUT2D eigenvalue weighted by Gasteiger charge is -2.17. The average molecular weight is 317 g/mol. The maximum Gasteiger partial charge on any atom is 0.262 e. The molecule has 2 heterocycles. The van der Waals surface area contributed by atoms with E-state index in [4.69, 9.17) is 0 Å². The molecule has 1 unspecified atom stereocenters. The molecule has 2 aromatic heterocycles. The Morgan fingerprint density at radius 1 is 1.45 bits per heavy atom. The van der Waals surface area contributed by atoms with Gasteiger partial charge in [0.2, 0.25) is 5.91 Å². The van der Waals surface area contributed by atoms with E-state index in [1.165, 1.54) is 28.7 Å². The molecule has 1 N–H and O–H groups in total. The van der Waals surface area contributed by atoms with Crippen LogP contribution in [0.4, 0.5) is 0 Å². The molecule has 6 heteroatoms. The second kappa shape index (κ2) is 6.87. The first-order chi connectivity index (χ1) is 10.7. The van der Waals surface area contributed by atoms with Crippen molar-refractivity contribution in [1.29, 1.82) is 0 Å². The predicted molar refractivity (Wildman–Crippen MR) is 88.0 cm³/mol. The molecule has 1 aliphatic carbocycles. The summed E-state index contributed by atoms with van der Waals surface area (Å²) in [6.07, 6.45) is 10.3. The summed E-state index contributed by atoms with van der Waals surface area (Å²) in [5, 5.41) is 5.31. The van der Waals surface area contributed by atoms with E-state index in [1.807, 2.05) is 5.38 Å². The molecule has 0 saturated carbocycles. The van der Waals surface area contributed by atoms with Crippen LogP contribution in [0, 0.1) is 5.92 Å². The Morgan fingerprint density at radius 3 is 3.18 bits per heavy atom. The van der Waals surface area contributed by atoms with Crippen LogP contribution in [0.2, 0.25) is 0 Å². The molecule has 2 aromatic rings. The summed E-state index contributed by atoms with van der Waals surface area (Å²) in [7, 11) is 0. The SMILES string of the molecule is O=C(Cn1cnc2sccc2c1=O)NCCC1CC=CCC1. The standard InChI is InChI=1S/C16H19N3O2S/c20-14(17-8-6-12-4-2-1-3-5-12)10-19-11-18-15-13(16(19)21)7-9-22-15/h1-2,7,9,11-12H,3-6,8,10H2,(H,17,20). The Morgan fingerprint density at radius 2 is 2.36 bits per heavy atom. The van der Waals surface area contributed by atoms with E-state index in [0.29, 0.717) is 22.7 Å². The van der Waals surface area contributed by atoms with Gasteiger partial charge in [0.25, 0.3) is 5.56 Å². The fourth-order valence-corrected chi connectivity index (χ4v) is 3.47. The number of carbonyl (C=O) groups excluding carboxylic acids is 1. The molecule has 0 fully saturated rings. The first-order valence-electron chi connectivity index (χ1n) is 7.58. The molecule has 116 valence electrons. The lowest BCUT2D eigenvalue weighted by atomic mass is 9.91. The second-order valence-electron chi connectivity index (χ2n) is 5.61. The molecule has 3 rings (SSSR count). The zero-order chi connectivity index (χ0) is 15.4. The first kappa shape index (κ1) is 15.0. The molecule has 1 amide bonds. The Kier molecular flexibility index (Phi) is 4.68. The van der Waals surface area contributed by atoms with Crippen LogP contribution in [0.1, 0.15) is 25.7 Å². The Labute approximate surface area is 132 Å². The van der Waals surface area contributed by atoms with Gasteiger partial charge in [-0.15, -0.1) is 11.3 Å². The summed E-state index contributed by atoms with van der Waals surface area (Å²) in [4.78, 5) is 29.1. The number of fused-ring (bicyclic) bond motifs is 1. The third kappa shape index (κ3) is 3.44. The molecular formula is C16H19N3O2S. The van der Waals surface area contributed by atoms with Crippen molar-refractivity contribution in [2.45, 2.75) is 32.2 Å². The van der Waals surface area contributed by atoms with Crippen molar-refractivity contribution in [3.8, 4) is 0 Å². The van der Waals surface area contributed by atoms with Gasteiger partial charge < -0.3 is 5.32 Å². The summed E-state index contributed by atoms with van der Waals surface area (Å²) in [6.45, 7) is 0.697. The van der Waals surface area contributed by atoms with Gasteiger partial charge >= 0.3 is 0 Å². The number of thiophene rings is 1. The largest absolute Gasteiger partial charge is 0.355 e. The number of carbonyl (C=O) groups is 1. The molecule has 0 saturated heterocycles. The monoisotopic (exact) mass is 317 g/mol. The summed E-state index contributed by atoms with van der Waals surface area (Å²) < 4.78 is 1.37. The number of rotatable bonds is 5. The number of nitrogens with zero attached hydrogens (tertiary/aromatic N) is 2. The lowest BCUT2D eigenvalue weighted by molar-refractivity contribution is -0.121. The van der Waals surface area contributed by atoms with Crippen LogP contribution in [0.25, 0.3) is 10.2 Å². The van der Waals surface area contributed by atoms with Gasteiger partial charge in [0.15, 0.2) is 0 Å². The van der Waals surface area contributed by atoms with Crippen LogP contribution in [0.15, 0.2) is 34.7 Å². The lowest BCUT2D eigenvalue weighted by Crippen LogP contribution is -2.33. The number of hydrogen-bond acceptors (Lipinski definition) is 4. The first-order valence-corrected chi connectivity index (χ1v) is 8.46. The third-order valence-corrected chi connectivity index (χ3v) is 4.84. The molecule has 1 aliphatic rings. The van der Waals surface area contributed by atoms with Crippen molar-refractivity contribution in [3.05, 3.63) is 40.3 Å². The van der Waals surface area contributed by atoms with Crippen LogP contribution in [0.5, 0.6) is 0 Å². The number of amides is 1. The highest BCUT2D eigenvalue weighted by Gasteiger charge is 2.11. The normalized spacial score (nSPS) is 17.7. The van der Waals surface area contributed by atoms with Crippen molar-refractivity contribution >= 4 is 27.5 Å². The van der Waals surface area contributed by atoms with E-state index in [1.54, 1.807) is 6.07 Å². The van der Waals surface area contributed by atoms with E-state index in [9.17, 15) is 9.59 Å². The minimum atomic E-state index is -0.154. The molecule has 0 bridgehead atoms. The van der Waals surface area contributed by atoms with E-state index < -0.39 is 0 Å². The van der Waals surface area contributed by atoms with Gasteiger partial charge in [-0.3, -0.25) is 14.2 Å². The number of aromatic nitrogens is 2. The van der Waals surface area contributed by atoms with Crippen LogP contribution in [0.3, 0.4) is 0 Å². The van der Waals surface area contributed by atoms with Crippen molar-refractivity contribution in [1.82, 2.24) is 14.9 Å². The third-order valence-electron chi connectivity index (χ3n) is 4.02. The Hall–Kier alpha value is -1.95. The number of hydrogen-bond donors (Lipinski definition) is 1. The van der Waals surface area contributed by atoms with E-state index in [2.05, 4.69) is 22.5 Å². The van der Waals surface area contributed by atoms with Crippen LogP contribution >= 0.6 is 11.3 Å². The van der Waals surface area contributed by atoms with Crippen molar-refractivity contribution in [2.24, 2.45) is 5.92 Å². The van der Waals surface area contributed by atoms with Crippen molar-refractivity contribution < 1.29 is 4.79 Å². The van der Waals surface area contributed by atoms with Gasteiger partial charge in [-0.2, -0.15) is 0 Å². The summed E-state index contributed by atoms with van der Waals surface area (Å²) in [5.74, 6) is 0.529. The summed E-state index contributed by atoms with van der Waals surface area (Å²) in [6, 6.07) is 1.75. The number of nitrogens with one attached hydrogen (secondary N) is 1. The minimum absolute atomic E-state index is 0.0299. The smallest absolute Gasteiger partial charge is 0.262 e. The molecule has 1 atom stereocenters. The van der Waals surface area contributed by atoms with Gasteiger partial charge in [0.05, 0.1) is 11.7 Å². The molecule has 0 spiro atoms. The van der Waals surface area contributed by atoms with Gasteiger partial charge in [0, 0.05) is 6.54 Å². The molecule has 0 aromatic carbocycles. The predicted octanol–water partition coefficient (Wildman–Crippen LogP) is 2.32. The highest BCUT2D eigenvalue weighted by molar-refractivity contribution is 7.16. The molecule has 22 heavy (non-hydrogen) atoms. The van der Waals surface area contributed by atoms with Gasteiger partial charge in [-0.1, -0.05) is 12.2 Å². The maximum absolute atomic E-state index is 12.2. The van der Waals surface area contributed by atoms with E-state index in [-0.39, 0.29) is 18.0 Å². The minimum Gasteiger partial charge on any atom is -0.355 e. The molecule has 0 radical (unpaired) electrons. The van der Waals surface area contributed by atoms with Gasteiger partial charge in [-0.05, 0) is 43.0 Å². The molecule has 0 aliphatic heterocycles. The Bertz CT molecular complexity index is 747. The molecule has 5 nitrogen and oxygen atoms in total. The van der Waals surface area contributed by atoms with E-state index in [0.717, 1.165) is 19.3 Å². The topological polar surface area (TPSA) is 64.0 Å². The Balaban J connectivity index is 1.53. The van der Waals surface area contributed by atoms with Gasteiger partial charge in [-0.25, -0.2) is 4.98 Å². The van der Waals surface area contributed by atoms with Crippen LogP contribution in [-0.2, 0) is 11.3 Å². The fourth-order valence-electron chi connectivity index (χ4n) is 2.75. The van der Waals surface area contributed by atoms with Gasteiger partial charge in [0.1, 0.15) is 11.4 Å². The zero-order valence-electron chi connectivity index (χ0n) is 12.3. The number of allylic oxidation sites excluding steroid dienone is 2. The van der Waals surface area contributed by atoms with Crippen LogP contribution < -0.4 is 10.9 Å². The van der Waals surface area contributed by atoms with Crippen molar-refractivity contribution in [3.63, 3.8) is 0 Å². The van der Waals surface area contributed by atoms with Crippen molar-refractivity contribution in [2.75, 3.05) is 6.54 Å². The highest BCUT2D eigenvalue weighted by atomic mass is 32.1. The van der Waals surface area contributed by atoms with E-state index >= 15 is 0 Å². The maximum atomic E-state index is 12.2. The fraction of sp³-hybridized carbons (Fsp3) is 0.438. The summed E-state index contributed by atoms with van der Waals surface area (Å²) >= 11 is 1.43. The van der Waals surface area contributed by atoms with Crippen LogP contribution in [-0.4, -0.2) is 22.0 Å². The average Bonchev–Trinajstić information content (AvgIpc) is 3.01.